The zero-order valence-corrected chi connectivity index (χ0v) is 23.8. The van der Waals surface area contributed by atoms with E-state index in [2.05, 4.69) is 4.90 Å². The van der Waals surface area contributed by atoms with Crippen molar-refractivity contribution >= 4 is 40.7 Å². The van der Waals surface area contributed by atoms with E-state index in [4.69, 9.17) is 27.9 Å². The first kappa shape index (κ1) is 28.7. The Labute approximate surface area is 239 Å². The number of halogens is 2. The molecule has 1 amide bonds. The molecule has 3 aromatic carbocycles. The fraction of sp³-hybridized carbons (Fsp3) is 0.290. The number of rotatable bonds is 10. The maximum Gasteiger partial charge on any atom is 0.295 e. The molecule has 1 N–H and O–H groups in total. The largest absolute Gasteiger partial charge is 0.507 e. The molecule has 0 radical (unpaired) electrons. The van der Waals surface area contributed by atoms with Crippen LogP contribution in [0.15, 0.2) is 72.3 Å². The van der Waals surface area contributed by atoms with Gasteiger partial charge in [0.05, 0.1) is 21.7 Å². The maximum absolute atomic E-state index is 13.4. The number of benzene rings is 3. The molecule has 4 rings (SSSR count). The van der Waals surface area contributed by atoms with Gasteiger partial charge in [0, 0.05) is 18.7 Å². The van der Waals surface area contributed by atoms with Crippen LogP contribution in [0.3, 0.4) is 0 Å². The van der Waals surface area contributed by atoms with Crippen LogP contribution in [0.4, 0.5) is 0 Å². The molecule has 0 aromatic heterocycles. The van der Waals surface area contributed by atoms with Gasteiger partial charge in [-0.2, -0.15) is 0 Å². The number of aliphatic hydroxyl groups is 1. The summed E-state index contributed by atoms with van der Waals surface area (Å²) < 4.78 is 5.92. The lowest BCUT2D eigenvalue weighted by atomic mass is 9.94. The molecule has 1 fully saturated rings. The summed E-state index contributed by atoms with van der Waals surface area (Å²) in [5, 5.41) is 12.2. The van der Waals surface area contributed by atoms with Crippen LogP contribution in [0.1, 0.15) is 42.1 Å². The zero-order valence-electron chi connectivity index (χ0n) is 22.3. The average molecular weight is 568 g/mol. The summed E-state index contributed by atoms with van der Waals surface area (Å²) in [4.78, 5) is 30.3. The number of likely N-dealkylation sites (tertiary alicyclic amines) is 1. The molecule has 1 aliphatic rings. The van der Waals surface area contributed by atoms with E-state index in [0.717, 1.165) is 18.7 Å². The van der Waals surface area contributed by atoms with Crippen molar-refractivity contribution in [3.63, 3.8) is 0 Å². The van der Waals surface area contributed by atoms with Gasteiger partial charge < -0.3 is 19.6 Å². The number of hydrogen-bond donors (Lipinski definition) is 1. The summed E-state index contributed by atoms with van der Waals surface area (Å²) in [6, 6.07) is 19.3. The minimum Gasteiger partial charge on any atom is -0.507 e. The van der Waals surface area contributed by atoms with Crippen molar-refractivity contribution in [2.45, 2.75) is 33.4 Å². The molecule has 39 heavy (non-hydrogen) atoms. The Morgan fingerprint density at radius 2 is 1.69 bits per heavy atom. The third-order valence-electron chi connectivity index (χ3n) is 7.05. The summed E-state index contributed by atoms with van der Waals surface area (Å²) in [7, 11) is 0. The molecule has 1 saturated heterocycles. The van der Waals surface area contributed by atoms with Crippen molar-refractivity contribution in [3.05, 3.63) is 105 Å². The van der Waals surface area contributed by atoms with Gasteiger partial charge in [0.2, 0.25) is 0 Å². The van der Waals surface area contributed by atoms with Crippen molar-refractivity contribution in [1.82, 2.24) is 9.80 Å². The molecule has 0 saturated carbocycles. The normalized spacial score (nSPS) is 16.8. The average Bonchev–Trinajstić information content (AvgIpc) is 3.19. The van der Waals surface area contributed by atoms with E-state index in [1.54, 1.807) is 30.3 Å². The highest BCUT2D eigenvalue weighted by molar-refractivity contribution is 6.47. The third-order valence-corrected chi connectivity index (χ3v) is 7.79. The molecular formula is C31H32Cl2N2O4. The van der Waals surface area contributed by atoms with Gasteiger partial charge in [-0.1, -0.05) is 73.4 Å². The molecule has 0 bridgehead atoms. The van der Waals surface area contributed by atoms with E-state index < -0.39 is 17.7 Å². The Morgan fingerprint density at radius 3 is 2.33 bits per heavy atom. The molecule has 1 aliphatic heterocycles. The number of likely N-dealkylation sites (N-methyl/N-ethyl adjacent to an activating group) is 1. The van der Waals surface area contributed by atoms with Gasteiger partial charge in [-0.15, -0.1) is 0 Å². The smallest absolute Gasteiger partial charge is 0.295 e. The highest BCUT2D eigenvalue weighted by Crippen LogP contribution is 2.41. The van der Waals surface area contributed by atoms with Crippen LogP contribution in [0.2, 0.25) is 10.0 Å². The molecule has 1 atom stereocenters. The van der Waals surface area contributed by atoms with Gasteiger partial charge in [-0.25, -0.2) is 0 Å². The lowest BCUT2D eigenvalue weighted by Gasteiger charge is -2.28. The van der Waals surface area contributed by atoms with Crippen LogP contribution in [-0.2, 0) is 16.2 Å². The standard InChI is InChI=1S/C31H32Cl2N2O4/c1-4-34(5-2)15-16-35-28(22-11-14-25(32)26(33)18-22)27(30(37)31(35)38)29(36)24-13-12-23(17-20(24)3)39-19-21-9-7-6-8-10-21/h6-14,17-18,28,36H,4-5,15-16,19H2,1-3H3/b29-27+. The Balaban J connectivity index is 1.71. The third kappa shape index (κ3) is 6.30. The van der Waals surface area contributed by atoms with Crippen LogP contribution >= 0.6 is 23.2 Å². The minimum absolute atomic E-state index is 0.0268. The van der Waals surface area contributed by atoms with E-state index >= 15 is 0 Å². The first-order valence-corrected chi connectivity index (χ1v) is 13.7. The second-order valence-corrected chi connectivity index (χ2v) is 10.3. The number of ether oxygens (including phenoxy) is 1. The van der Waals surface area contributed by atoms with Gasteiger partial charge in [0.1, 0.15) is 18.1 Å². The van der Waals surface area contributed by atoms with Gasteiger partial charge in [-0.3, -0.25) is 9.59 Å². The van der Waals surface area contributed by atoms with E-state index in [1.165, 1.54) is 4.90 Å². The van der Waals surface area contributed by atoms with Crippen LogP contribution in [0, 0.1) is 6.92 Å². The number of Topliss-reactive ketones (excluding diaryl/α,β-unsaturated/α-hetero) is 1. The minimum atomic E-state index is -0.802. The van der Waals surface area contributed by atoms with Crippen molar-refractivity contribution in [2.24, 2.45) is 0 Å². The zero-order chi connectivity index (χ0) is 28.1. The molecule has 1 heterocycles. The van der Waals surface area contributed by atoms with Gasteiger partial charge in [0.15, 0.2) is 0 Å². The SMILES string of the molecule is CCN(CC)CCN1C(=O)C(=O)/C(=C(/O)c2ccc(OCc3ccccc3)cc2C)C1c1ccc(Cl)c(Cl)c1. The summed E-state index contributed by atoms with van der Waals surface area (Å²) in [6.07, 6.45) is 0. The fourth-order valence-electron chi connectivity index (χ4n) is 4.81. The van der Waals surface area contributed by atoms with E-state index in [1.807, 2.05) is 57.2 Å². The van der Waals surface area contributed by atoms with Crippen LogP contribution in [-0.4, -0.2) is 52.8 Å². The number of amides is 1. The monoisotopic (exact) mass is 566 g/mol. The number of hydrogen-bond acceptors (Lipinski definition) is 5. The summed E-state index contributed by atoms with van der Waals surface area (Å²) in [5.74, 6) is -0.984. The van der Waals surface area contributed by atoms with Crippen molar-refractivity contribution < 1.29 is 19.4 Å². The summed E-state index contributed by atoms with van der Waals surface area (Å²) in [5.41, 5.74) is 2.83. The quantitative estimate of drug-likeness (QED) is 0.169. The molecule has 6 nitrogen and oxygen atoms in total. The van der Waals surface area contributed by atoms with Gasteiger partial charge in [-0.05, 0) is 67.0 Å². The molecule has 3 aromatic rings. The van der Waals surface area contributed by atoms with E-state index in [9.17, 15) is 14.7 Å². The molecular weight excluding hydrogens is 535 g/mol. The predicted octanol–water partition coefficient (Wildman–Crippen LogP) is 6.64. The fourth-order valence-corrected chi connectivity index (χ4v) is 5.11. The highest BCUT2D eigenvalue weighted by Gasteiger charge is 2.46. The topological polar surface area (TPSA) is 70.1 Å². The van der Waals surface area contributed by atoms with Crippen molar-refractivity contribution in [1.29, 1.82) is 0 Å². The number of carbonyl (C=O) groups excluding carboxylic acids is 2. The van der Waals surface area contributed by atoms with Crippen LogP contribution in [0.5, 0.6) is 5.75 Å². The van der Waals surface area contributed by atoms with E-state index in [0.29, 0.717) is 52.2 Å². The summed E-state index contributed by atoms with van der Waals surface area (Å²) >= 11 is 12.5. The van der Waals surface area contributed by atoms with Crippen molar-refractivity contribution in [3.8, 4) is 5.75 Å². The van der Waals surface area contributed by atoms with E-state index in [-0.39, 0.29) is 11.3 Å². The number of aliphatic hydroxyl groups excluding tert-OH is 1. The first-order valence-electron chi connectivity index (χ1n) is 13.0. The number of aryl methyl sites for hydroxylation is 1. The Morgan fingerprint density at radius 1 is 0.974 bits per heavy atom. The number of ketones is 1. The Kier molecular flexibility index (Phi) is 9.33. The predicted molar refractivity (Wildman–Crippen MR) is 155 cm³/mol. The van der Waals surface area contributed by atoms with Gasteiger partial charge in [0.25, 0.3) is 11.7 Å². The van der Waals surface area contributed by atoms with Gasteiger partial charge >= 0.3 is 0 Å². The molecule has 8 heteroatoms. The lowest BCUT2D eigenvalue weighted by Crippen LogP contribution is -2.38. The number of nitrogens with zero attached hydrogens (tertiary/aromatic N) is 2. The highest BCUT2D eigenvalue weighted by atomic mass is 35.5. The Hall–Kier alpha value is -3.32. The number of carbonyl (C=O) groups is 2. The lowest BCUT2D eigenvalue weighted by molar-refractivity contribution is -0.140. The summed E-state index contributed by atoms with van der Waals surface area (Å²) in [6.45, 7) is 8.86. The maximum atomic E-state index is 13.4. The molecule has 0 spiro atoms. The second kappa shape index (κ2) is 12.7. The molecule has 1 unspecified atom stereocenters. The van der Waals surface area contributed by atoms with Crippen molar-refractivity contribution in [2.75, 3.05) is 26.2 Å². The van der Waals surface area contributed by atoms with Crippen LogP contribution in [0.25, 0.3) is 5.76 Å². The molecule has 204 valence electrons. The molecule has 0 aliphatic carbocycles. The first-order chi connectivity index (χ1) is 18.7. The van der Waals surface area contributed by atoms with Crippen LogP contribution < -0.4 is 4.74 Å². The Bertz CT molecular complexity index is 1390. The second-order valence-electron chi connectivity index (χ2n) is 9.44.